The highest BCUT2D eigenvalue weighted by atomic mass is 19.1. The van der Waals surface area contributed by atoms with Crippen LogP contribution >= 0.6 is 0 Å². The first-order valence-electron chi connectivity index (χ1n) is 13.2. The van der Waals surface area contributed by atoms with Gasteiger partial charge in [0.1, 0.15) is 29.5 Å². The van der Waals surface area contributed by atoms with Gasteiger partial charge >= 0.3 is 5.97 Å². The van der Waals surface area contributed by atoms with E-state index < -0.39 is 35.6 Å². The van der Waals surface area contributed by atoms with Gasteiger partial charge in [0.2, 0.25) is 17.7 Å². The summed E-state index contributed by atoms with van der Waals surface area (Å²) in [5.74, 6) is -2.10. The molecule has 0 spiro atoms. The van der Waals surface area contributed by atoms with Crippen LogP contribution in [0, 0.1) is 23.5 Å². The van der Waals surface area contributed by atoms with Crippen molar-refractivity contribution in [3.05, 3.63) is 47.6 Å². The van der Waals surface area contributed by atoms with Gasteiger partial charge in [-0.3, -0.25) is 9.59 Å². The molecule has 40 heavy (non-hydrogen) atoms. The third-order valence-electron chi connectivity index (χ3n) is 6.51. The molecule has 0 bridgehead atoms. The van der Waals surface area contributed by atoms with Gasteiger partial charge in [-0.15, -0.1) is 0 Å². The second-order valence-electron chi connectivity index (χ2n) is 10.1. The number of hydrogen-bond donors (Lipinski definition) is 2. The molecule has 3 heterocycles. The standard InChI is InChI=1S/C27H32F2N6O5/c1-16(2)10-22-33-25(34-40-22)18-13-31-27(32-14-18)35-7-5-17(6-8-35)4-3-9-39-19-11-20(28)24(21(29)12-19)26(38)30-15-23(36)37/h11-14,16-17H,3-10,15H2,1-2H3,(H,30,38)(H,36,37). The van der Waals surface area contributed by atoms with Gasteiger partial charge in [-0.2, -0.15) is 4.98 Å². The number of anilines is 1. The SMILES string of the molecule is CC(C)Cc1nc(-c2cnc(N3CCC(CCCOc4cc(F)c(C(=O)NCC(=O)O)c(F)c4)CC3)nc2)no1. The van der Waals surface area contributed by atoms with Crippen LogP contribution < -0.4 is 15.0 Å². The molecular formula is C27H32F2N6O5. The van der Waals surface area contributed by atoms with Crippen molar-refractivity contribution in [3.8, 4) is 17.1 Å². The highest BCUT2D eigenvalue weighted by Gasteiger charge is 2.22. The van der Waals surface area contributed by atoms with Gasteiger partial charge in [0.05, 0.1) is 12.2 Å². The van der Waals surface area contributed by atoms with Crippen LogP contribution in [0.15, 0.2) is 29.0 Å². The first-order chi connectivity index (χ1) is 19.2. The van der Waals surface area contributed by atoms with Crippen molar-refractivity contribution in [1.82, 2.24) is 25.4 Å². The van der Waals surface area contributed by atoms with E-state index in [1.54, 1.807) is 12.4 Å². The lowest BCUT2D eigenvalue weighted by atomic mass is 9.92. The lowest BCUT2D eigenvalue weighted by molar-refractivity contribution is -0.135. The van der Waals surface area contributed by atoms with E-state index in [0.717, 1.165) is 50.9 Å². The summed E-state index contributed by atoms with van der Waals surface area (Å²) in [4.78, 5) is 37.9. The minimum absolute atomic E-state index is 0.0304. The van der Waals surface area contributed by atoms with E-state index in [0.29, 0.717) is 41.5 Å². The molecule has 0 radical (unpaired) electrons. The fourth-order valence-corrected chi connectivity index (χ4v) is 4.48. The Morgan fingerprint density at radius 1 is 1.18 bits per heavy atom. The largest absolute Gasteiger partial charge is 0.493 e. The average molecular weight is 559 g/mol. The van der Waals surface area contributed by atoms with Crippen molar-refractivity contribution in [3.63, 3.8) is 0 Å². The van der Waals surface area contributed by atoms with E-state index in [9.17, 15) is 18.4 Å². The van der Waals surface area contributed by atoms with E-state index in [4.69, 9.17) is 14.4 Å². The fraction of sp³-hybridized carbons (Fsp3) is 0.481. The Labute approximate surface area is 230 Å². The van der Waals surface area contributed by atoms with Crippen LogP contribution in [0.25, 0.3) is 11.4 Å². The fourth-order valence-electron chi connectivity index (χ4n) is 4.48. The molecule has 1 aromatic carbocycles. The second-order valence-corrected chi connectivity index (χ2v) is 10.1. The Kier molecular flexibility index (Phi) is 9.56. The van der Waals surface area contributed by atoms with Crippen LogP contribution in [-0.2, 0) is 11.2 Å². The maximum atomic E-state index is 14.3. The van der Waals surface area contributed by atoms with Crippen molar-refractivity contribution in [2.45, 2.75) is 46.0 Å². The van der Waals surface area contributed by atoms with Gasteiger partial charge in [0, 0.05) is 44.0 Å². The number of carboxylic acid groups (broad SMARTS) is 1. The zero-order chi connectivity index (χ0) is 28.6. The Bertz CT molecular complexity index is 1290. The minimum atomic E-state index is -1.32. The lowest BCUT2D eigenvalue weighted by Gasteiger charge is -2.32. The molecule has 2 N–H and O–H groups in total. The smallest absolute Gasteiger partial charge is 0.322 e. The molecule has 0 aliphatic carbocycles. The van der Waals surface area contributed by atoms with Crippen LogP contribution in [0.4, 0.5) is 14.7 Å². The zero-order valence-corrected chi connectivity index (χ0v) is 22.4. The summed E-state index contributed by atoms with van der Waals surface area (Å²) in [6.07, 6.45) is 7.63. The van der Waals surface area contributed by atoms with Crippen LogP contribution in [0.1, 0.15) is 55.8 Å². The maximum absolute atomic E-state index is 14.3. The number of amides is 1. The summed E-state index contributed by atoms with van der Waals surface area (Å²) >= 11 is 0. The number of ether oxygens (including phenoxy) is 1. The molecule has 11 nitrogen and oxygen atoms in total. The molecule has 1 saturated heterocycles. The van der Waals surface area contributed by atoms with E-state index in [2.05, 4.69) is 38.9 Å². The van der Waals surface area contributed by atoms with E-state index >= 15 is 0 Å². The Morgan fingerprint density at radius 3 is 2.48 bits per heavy atom. The average Bonchev–Trinajstić information content (AvgIpc) is 3.38. The van der Waals surface area contributed by atoms with Crippen LogP contribution in [0.5, 0.6) is 5.75 Å². The quantitative estimate of drug-likeness (QED) is 0.314. The molecule has 0 saturated carbocycles. The minimum Gasteiger partial charge on any atom is -0.493 e. The number of carbonyl (C=O) groups excluding carboxylic acids is 1. The van der Waals surface area contributed by atoms with Crippen LogP contribution in [0.3, 0.4) is 0 Å². The molecule has 1 fully saturated rings. The number of aromatic nitrogens is 4. The van der Waals surface area contributed by atoms with E-state index in [1.165, 1.54) is 0 Å². The van der Waals surface area contributed by atoms with Crippen molar-refractivity contribution in [1.29, 1.82) is 0 Å². The van der Waals surface area contributed by atoms with Crippen molar-refractivity contribution in [2.24, 2.45) is 11.8 Å². The summed E-state index contributed by atoms with van der Waals surface area (Å²) in [7, 11) is 0. The number of nitrogens with zero attached hydrogens (tertiary/aromatic N) is 5. The summed E-state index contributed by atoms with van der Waals surface area (Å²) in [5, 5.41) is 14.6. The van der Waals surface area contributed by atoms with Gasteiger partial charge in [0.15, 0.2) is 0 Å². The summed E-state index contributed by atoms with van der Waals surface area (Å²) < 4.78 is 39.3. The topological polar surface area (TPSA) is 144 Å². The van der Waals surface area contributed by atoms with Crippen molar-refractivity contribution in [2.75, 3.05) is 31.1 Å². The maximum Gasteiger partial charge on any atom is 0.322 e. The zero-order valence-electron chi connectivity index (χ0n) is 22.4. The molecule has 1 aliphatic heterocycles. The molecular weight excluding hydrogens is 526 g/mol. The van der Waals surface area contributed by atoms with Crippen molar-refractivity contribution >= 4 is 17.8 Å². The van der Waals surface area contributed by atoms with Gasteiger partial charge in [-0.1, -0.05) is 19.0 Å². The molecule has 13 heteroatoms. The number of carboxylic acids is 1. The monoisotopic (exact) mass is 558 g/mol. The molecule has 0 atom stereocenters. The normalized spacial score (nSPS) is 14.0. The predicted octanol–water partition coefficient (Wildman–Crippen LogP) is 3.89. The Balaban J connectivity index is 1.19. The molecule has 214 valence electrons. The first kappa shape index (κ1) is 28.8. The Morgan fingerprint density at radius 2 is 1.85 bits per heavy atom. The number of rotatable bonds is 12. The molecule has 4 rings (SSSR count). The first-order valence-corrected chi connectivity index (χ1v) is 13.2. The number of nitrogens with one attached hydrogen (secondary N) is 1. The molecule has 3 aromatic rings. The van der Waals surface area contributed by atoms with Crippen LogP contribution in [0.2, 0.25) is 0 Å². The Hall–Kier alpha value is -4.16. The summed E-state index contributed by atoms with van der Waals surface area (Å²) in [6, 6.07) is 1.84. The van der Waals surface area contributed by atoms with Crippen LogP contribution in [-0.4, -0.2) is 63.3 Å². The molecule has 2 aromatic heterocycles. The molecule has 0 unspecified atom stereocenters. The number of piperidine rings is 1. The number of aliphatic carboxylic acids is 1. The van der Waals surface area contributed by atoms with Gasteiger partial charge in [-0.05, 0) is 37.5 Å². The van der Waals surface area contributed by atoms with E-state index in [-0.39, 0.29) is 12.4 Å². The third kappa shape index (κ3) is 7.70. The van der Waals surface area contributed by atoms with Crippen molar-refractivity contribution < 1.29 is 32.7 Å². The number of carbonyl (C=O) groups is 2. The van der Waals surface area contributed by atoms with Gasteiger partial charge in [0.25, 0.3) is 5.91 Å². The number of hydrogen-bond acceptors (Lipinski definition) is 9. The molecule has 1 amide bonds. The summed E-state index contributed by atoms with van der Waals surface area (Å²) in [5.41, 5.74) is -0.141. The predicted molar refractivity (Wildman–Crippen MR) is 140 cm³/mol. The molecule has 1 aliphatic rings. The third-order valence-corrected chi connectivity index (χ3v) is 6.51. The summed E-state index contributed by atoms with van der Waals surface area (Å²) in [6.45, 7) is 5.32. The van der Waals surface area contributed by atoms with Gasteiger partial charge < -0.3 is 24.6 Å². The highest BCUT2D eigenvalue weighted by molar-refractivity contribution is 5.96. The lowest BCUT2D eigenvalue weighted by Crippen LogP contribution is -2.34. The van der Waals surface area contributed by atoms with E-state index in [1.807, 2.05) is 5.32 Å². The highest BCUT2D eigenvalue weighted by Crippen LogP contribution is 2.26. The number of halogens is 2. The van der Waals surface area contributed by atoms with Gasteiger partial charge in [-0.25, -0.2) is 18.7 Å². The second kappa shape index (κ2) is 13.3. The number of benzene rings is 1.